The predicted octanol–water partition coefficient (Wildman–Crippen LogP) is 6.54. The fourth-order valence-electron chi connectivity index (χ4n) is 2.94. The number of sulfonamides is 1. The van der Waals surface area contributed by atoms with Crippen LogP contribution in [0.2, 0.25) is 5.02 Å². The highest BCUT2D eigenvalue weighted by molar-refractivity contribution is 7.93. The van der Waals surface area contributed by atoms with Crippen molar-refractivity contribution >= 4 is 49.9 Å². The maximum Gasteiger partial charge on any atom is 0.516 e. The van der Waals surface area contributed by atoms with Gasteiger partial charge < -0.3 is 0 Å². The Bertz CT molecular complexity index is 1200. The highest BCUT2D eigenvalue weighted by Crippen LogP contribution is 2.36. The molecule has 2 heterocycles. The maximum atomic E-state index is 12.5. The fraction of sp³-hybridized carbons (Fsp3) is 0.368. The van der Waals surface area contributed by atoms with Crippen LogP contribution in [0, 0.1) is 5.92 Å². The maximum absolute atomic E-state index is 12.5. The first-order valence-corrected chi connectivity index (χ1v) is 12.1. The molecular formula is C19H16ClF6N3O2S2. The molecule has 3 rings (SSSR count). The van der Waals surface area contributed by atoms with E-state index < -0.39 is 28.1 Å². The molecule has 1 N–H and O–H groups in total. The van der Waals surface area contributed by atoms with Gasteiger partial charge in [0.1, 0.15) is 5.01 Å². The molecule has 5 nitrogen and oxygen atoms in total. The molecule has 0 spiro atoms. The minimum atomic E-state index is -5.59. The summed E-state index contributed by atoms with van der Waals surface area (Å²) in [5, 5.41) is 2.16. The second-order valence-electron chi connectivity index (χ2n) is 7.23. The summed E-state index contributed by atoms with van der Waals surface area (Å²) in [5.41, 5.74) is -4.05. The molecule has 1 aliphatic rings. The highest BCUT2D eigenvalue weighted by Gasteiger charge is 2.46. The summed E-state index contributed by atoms with van der Waals surface area (Å²) in [6.45, 7) is 2.19. The molecule has 1 aliphatic heterocycles. The molecule has 0 amide bonds. The van der Waals surface area contributed by atoms with Crippen LogP contribution in [-0.4, -0.2) is 37.3 Å². The second-order valence-corrected chi connectivity index (χ2v) is 10.2. The first-order chi connectivity index (χ1) is 15.2. The Balaban J connectivity index is 1.82. The highest BCUT2D eigenvalue weighted by atomic mass is 35.5. The molecule has 1 unspecified atom stereocenters. The predicted molar refractivity (Wildman–Crippen MR) is 116 cm³/mol. The lowest BCUT2D eigenvalue weighted by Crippen LogP contribution is -2.29. The summed E-state index contributed by atoms with van der Waals surface area (Å²) in [4.78, 5) is 8.66. The van der Waals surface area contributed by atoms with Crippen molar-refractivity contribution in [3.8, 4) is 11.3 Å². The van der Waals surface area contributed by atoms with Gasteiger partial charge in [0.2, 0.25) is 0 Å². The SMILES string of the molecule is CC1CN=C(CCC(F)(F)F)C=C1c1nc(-c2ccc(NS(=O)(=O)C(F)(F)F)cc2Cl)cs1. The summed E-state index contributed by atoms with van der Waals surface area (Å²) >= 11 is 7.38. The Morgan fingerprint density at radius 1 is 1.21 bits per heavy atom. The van der Waals surface area contributed by atoms with E-state index >= 15 is 0 Å². The normalized spacial score (nSPS) is 17.5. The van der Waals surface area contributed by atoms with E-state index in [0.29, 0.717) is 28.5 Å². The van der Waals surface area contributed by atoms with Crippen molar-refractivity contribution in [1.29, 1.82) is 0 Å². The lowest BCUT2D eigenvalue weighted by molar-refractivity contribution is -0.132. The Hall–Kier alpha value is -2.12. The third-order valence-corrected chi connectivity index (χ3v) is 6.96. The summed E-state index contributed by atoms with van der Waals surface area (Å²) in [7, 11) is -5.59. The molecule has 0 fully saturated rings. The summed E-state index contributed by atoms with van der Waals surface area (Å²) in [5.74, 6) is -0.0757. The number of halogens is 7. The standard InChI is InChI=1S/C19H16ClF6N3O2S2/c1-10-8-27-11(4-5-18(21,22)23)6-14(10)17-28-16(9-32-17)13-3-2-12(7-15(13)20)29-33(30,31)19(24,25)26/h2-3,6-7,9-10,29H,4-5,8H2,1H3. The number of hydrogen-bond donors (Lipinski definition) is 1. The van der Waals surface area contributed by atoms with Crippen LogP contribution < -0.4 is 4.72 Å². The van der Waals surface area contributed by atoms with E-state index in [1.807, 2.05) is 6.92 Å². The third-order valence-electron chi connectivity index (χ3n) is 4.64. The number of alkyl halides is 6. The Labute approximate surface area is 194 Å². The van der Waals surface area contributed by atoms with Gasteiger partial charge in [-0.3, -0.25) is 9.71 Å². The molecule has 0 bridgehead atoms. The molecule has 1 aromatic carbocycles. The number of nitrogens with zero attached hydrogens (tertiary/aromatic N) is 2. The van der Waals surface area contributed by atoms with E-state index in [1.54, 1.807) is 11.5 Å². The van der Waals surface area contributed by atoms with E-state index in [4.69, 9.17) is 11.6 Å². The number of allylic oxidation sites excluding steroid dienone is 1. The van der Waals surface area contributed by atoms with E-state index in [9.17, 15) is 34.8 Å². The Morgan fingerprint density at radius 2 is 1.91 bits per heavy atom. The summed E-state index contributed by atoms with van der Waals surface area (Å²) in [6, 6.07) is 3.47. The molecule has 180 valence electrons. The number of benzene rings is 1. The fourth-order valence-corrected chi connectivity index (χ4v) is 4.72. The summed E-state index contributed by atoms with van der Waals surface area (Å²) in [6.07, 6.45) is -3.91. The van der Waals surface area contributed by atoms with Gasteiger partial charge in [-0.15, -0.1) is 11.3 Å². The number of aromatic nitrogens is 1. The van der Waals surface area contributed by atoms with Gasteiger partial charge in [-0.25, -0.2) is 4.98 Å². The lowest BCUT2D eigenvalue weighted by atomic mass is 9.96. The van der Waals surface area contributed by atoms with Gasteiger partial charge in [0.15, 0.2) is 0 Å². The van der Waals surface area contributed by atoms with Crippen LogP contribution in [0.1, 0.15) is 24.8 Å². The van der Waals surface area contributed by atoms with E-state index in [-0.39, 0.29) is 23.0 Å². The zero-order valence-electron chi connectivity index (χ0n) is 16.8. The van der Waals surface area contributed by atoms with Crippen molar-refractivity contribution in [2.24, 2.45) is 10.9 Å². The number of hydrogen-bond acceptors (Lipinski definition) is 5. The van der Waals surface area contributed by atoms with Crippen molar-refractivity contribution in [2.75, 3.05) is 11.3 Å². The lowest BCUT2D eigenvalue weighted by Gasteiger charge is -2.18. The molecule has 1 aromatic heterocycles. The van der Waals surface area contributed by atoms with Gasteiger partial charge in [0.05, 0.1) is 16.4 Å². The topological polar surface area (TPSA) is 71.4 Å². The number of nitrogens with one attached hydrogen (secondary N) is 1. The third kappa shape index (κ3) is 6.27. The quantitative estimate of drug-likeness (QED) is 0.430. The van der Waals surface area contributed by atoms with Gasteiger partial charge in [-0.1, -0.05) is 18.5 Å². The van der Waals surface area contributed by atoms with Gasteiger partial charge in [-0.2, -0.15) is 34.8 Å². The average Bonchev–Trinajstić information content (AvgIpc) is 3.15. The number of rotatable bonds is 6. The van der Waals surface area contributed by atoms with Gasteiger partial charge in [0.25, 0.3) is 0 Å². The van der Waals surface area contributed by atoms with Crippen molar-refractivity contribution in [2.45, 2.75) is 31.5 Å². The molecular weight excluding hydrogens is 516 g/mol. The Kier molecular flexibility index (Phi) is 7.16. The number of dihydropyridines is 1. The van der Waals surface area contributed by atoms with Crippen molar-refractivity contribution in [1.82, 2.24) is 4.98 Å². The monoisotopic (exact) mass is 531 g/mol. The van der Waals surface area contributed by atoms with Crippen LogP contribution in [0.5, 0.6) is 0 Å². The van der Waals surface area contributed by atoms with Crippen molar-refractivity contribution < 1.29 is 34.8 Å². The first-order valence-electron chi connectivity index (χ1n) is 9.33. The molecule has 33 heavy (non-hydrogen) atoms. The number of aliphatic imine (C=N–C) groups is 1. The van der Waals surface area contributed by atoms with E-state index in [2.05, 4.69) is 9.98 Å². The molecule has 0 saturated carbocycles. The smallest absolute Gasteiger partial charge is 0.289 e. The van der Waals surface area contributed by atoms with E-state index in [1.165, 1.54) is 22.1 Å². The summed E-state index contributed by atoms with van der Waals surface area (Å²) < 4.78 is 99.1. The van der Waals surface area contributed by atoms with E-state index in [0.717, 1.165) is 17.7 Å². The molecule has 2 aromatic rings. The average molecular weight is 532 g/mol. The second kappa shape index (κ2) is 9.26. The largest absolute Gasteiger partial charge is 0.516 e. The van der Waals surface area contributed by atoms with Crippen LogP contribution in [0.3, 0.4) is 0 Å². The molecule has 1 atom stereocenters. The number of anilines is 1. The van der Waals surface area contributed by atoms with Crippen molar-refractivity contribution in [3.63, 3.8) is 0 Å². The first kappa shape index (κ1) is 25.5. The minimum Gasteiger partial charge on any atom is -0.289 e. The zero-order valence-corrected chi connectivity index (χ0v) is 19.1. The molecule has 14 heteroatoms. The van der Waals surface area contributed by atoms with Crippen molar-refractivity contribution in [3.05, 3.63) is 39.7 Å². The van der Waals surface area contributed by atoms with Crippen LogP contribution in [0.25, 0.3) is 16.8 Å². The van der Waals surface area contributed by atoms with Crippen LogP contribution >= 0.6 is 22.9 Å². The zero-order chi connectivity index (χ0) is 24.6. The number of thiazole rings is 1. The molecule has 0 radical (unpaired) electrons. The Morgan fingerprint density at radius 3 is 2.52 bits per heavy atom. The van der Waals surface area contributed by atoms with Gasteiger partial charge >= 0.3 is 21.7 Å². The van der Waals surface area contributed by atoms with Gasteiger partial charge in [-0.05, 0) is 36.3 Å². The van der Waals surface area contributed by atoms with Crippen LogP contribution in [0.4, 0.5) is 32.0 Å². The van der Waals surface area contributed by atoms with Crippen LogP contribution in [-0.2, 0) is 10.0 Å². The molecule has 0 aliphatic carbocycles. The minimum absolute atomic E-state index is 0.0349. The molecule has 0 saturated heterocycles. The van der Waals surface area contributed by atoms with Crippen LogP contribution in [0.15, 0.2) is 34.6 Å². The van der Waals surface area contributed by atoms with Gasteiger partial charge in [0, 0.05) is 35.5 Å².